The lowest BCUT2D eigenvalue weighted by atomic mass is 10.2. The summed E-state index contributed by atoms with van der Waals surface area (Å²) in [5, 5.41) is 6.29. The Morgan fingerprint density at radius 1 is 1.38 bits per heavy atom. The van der Waals surface area contributed by atoms with Crippen LogP contribution in [-0.2, 0) is 11.3 Å². The molecule has 2 N–H and O–H groups in total. The van der Waals surface area contributed by atoms with E-state index in [9.17, 15) is 4.79 Å². The number of carbonyl (C=O) groups excluding carboxylic acids is 1. The molecular formula is C16H26BrN3O. The first kappa shape index (κ1) is 18.0. The van der Waals surface area contributed by atoms with E-state index in [0.29, 0.717) is 6.54 Å². The molecule has 0 fully saturated rings. The maximum absolute atomic E-state index is 11.8. The lowest BCUT2D eigenvalue weighted by Gasteiger charge is -2.21. The number of nitrogens with zero attached hydrogens (tertiary/aromatic N) is 1. The fourth-order valence-corrected chi connectivity index (χ4v) is 2.78. The average molecular weight is 356 g/mol. The summed E-state index contributed by atoms with van der Waals surface area (Å²) in [4.78, 5) is 13.8. The zero-order valence-corrected chi connectivity index (χ0v) is 15.0. The molecule has 1 rings (SSSR count). The van der Waals surface area contributed by atoms with Crippen LogP contribution >= 0.6 is 15.9 Å². The van der Waals surface area contributed by atoms with Gasteiger partial charge in [0, 0.05) is 24.1 Å². The van der Waals surface area contributed by atoms with Gasteiger partial charge in [0.2, 0.25) is 5.91 Å². The molecule has 0 aliphatic heterocycles. The molecule has 118 valence electrons. The van der Waals surface area contributed by atoms with E-state index in [0.717, 1.165) is 29.7 Å². The molecule has 0 spiro atoms. The molecular weight excluding hydrogens is 330 g/mol. The van der Waals surface area contributed by atoms with Gasteiger partial charge in [0.25, 0.3) is 0 Å². The molecule has 0 heterocycles. The minimum absolute atomic E-state index is 0.0353. The van der Waals surface area contributed by atoms with Crippen LogP contribution in [0.25, 0.3) is 0 Å². The van der Waals surface area contributed by atoms with E-state index in [2.05, 4.69) is 51.7 Å². The first-order valence-corrected chi connectivity index (χ1v) is 8.23. The van der Waals surface area contributed by atoms with Gasteiger partial charge in [-0.05, 0) is 60.4 Å². The quantitative estimate of drug-likeness (QED) is 0.704. The summed E-state index contributed by atoms with van der Waals surface area (Å²) in [6.07, 6.45) is 1.13. The van der Waals surface area contributed by atoms with Gasteiger partial charge in [-0.15, -0.1) is 0 Å². The Bertz CT molecular complexity index is 463. The molecule has 0 aliphatic rings. The number of anilines is 1. The van der Waals surface area contributed by atoms with Crippen LogP contribution in [0.15, 0.2) is 22.7 Å². The molecule has 0 bridgehead atoms. The van der Waals surface area contributed by atoms with Gasteiger partial charge in [-0.2, -0.15) is 0 Å². The van der Waals surface area contributed by atoms with E-state index in [4.69, 9.17) is 0 Å². The van der Waals surface area contributed by atoms with Crippen LogP contribution in [0.5, 0.6) is 0 Å². The van der Waals surface area contributed by atoms with Gasteiger partial charge in [-0.25, -0.2) is 0 Å². The van der Waals surface area contributed by atoms with Crippen molar-refractivity contribution in [2.75, 3.05) is 25.0 Å². The Morgan fingerprint density at radius 3 is 2.67 bits per heavy atom. The van der Waals surface area contributed by atoms with Gasteiger partial charge >= 0.3 is 0 Å². The highest BCUT2D eigenvalue weighted by Crippen LogP contribution is 2.26. The summed E-state index contributed by atoms with van der Waals surface area (Å²) >= 11 is 3.60. The van der Waals surface area contributed by atoms with Crippen LogP contribution in [0.4, 0.5) is 5.69 Å². The summed E-state index contributed by atoms with van der Waals surface area (Å²) in [5.74, 6) is 0.0353. The van der Waals surface area contributed by atoms with Crippen LogP contribution in [0.2, 0.25) is 0 Å². The molecule has 0 saturated heterocycles. The predicted octanol–water partition coefficient (Wildman–Crippen LogP) is 2.91. The summed E-state index contributed by atoms with van der Waals surface area (Å²) < 4.78 is 1.01. The second-order valence-electron chi connectivity index (χ2n) is 5.54. The molecule has 1 aromatic rings. The topological polar surface area (TPSA) is 44.4 Å². The molecule has 21 heavy (non-hydrogen) atoms. The lowest BCUT2D eigenvalue weighted by Crippen LogP contribution is -2.38. The van der Waals surface area contributed by atoms with Crippen molar-refractivity contribution in [1.29, 1.82) is 0 Å². The number of halogens is 1. The van der Waals surface area contributed by atoms with Crippen LogP contribution < -0.4 is 15.5 Å². The largest absolute Gasteiger partial charge is 0.364 e. The van der Waals surface area contributed by atoms with Crippen molar-refractivity contribution in [1.82, 2.24) is 10.6 Å². The minimum atomic E-state index is 0.0353. The summed E-state index contributed by atoms with van der Waals surface area (Å²) in [5.41, 5.74) is 2.26. The van der Waals surface area contributed by atoms with Crippen LogP contribution in [-0.4, -0.2) is 32.1 Å². The lowest BCUT2D eigenvalue weighted by molar-refractivity contribution is -0.120. The number of amides is 1. The monoisotopic (exact) mass is 355 g/mol. The van der Waals surface area contributed by atoms with E-state index >= 15 is 0 Å². The Balaban J connectivity index is 2.64. The Morgan fingerprint density at radius 2 is 2.10 bits per heavy atom. The predicted molar refractivity (Wildman–Crippen MR) is 92.7 cm³/mol. The normalized spacial score (nSPS) is 10.8. The molecule has 0 saturated carbocycles. The van der Waals surface area contributed by atoms with Gasteiger partial charge in [-0.1, -0.05) is 13.0 Å². The SMILES string of the molecule is CCCNCc1ccc(N(C)CC(=O)NC(C)C)c(Br)c1. The highest BCUT2D eigenvalue weighted by molar-refractivity contribution is 9.10. The van der Waals surface area contributed by atoms with Crippen molar-refractivity contribution < 1.29 is 4.79 Å². The zero-order chi connectivity index (χ0) is 15.8. The van der Waals surface area contributed by atoms with Crippen molar-refractivity contribution in [3.63, 3.8) is 0 Å². The number of likely N-dealkylation sites (N-methyl/N-ethyl adjacent to an activating group) is 1. The van der Waals surface area contributed by atoms with Gasteiger partial charge < -0.3 is 15.5 Å². The third-order valence-corrected chi connectivity index (χ3v) is 3.64. The molecule has 0 atom stereocenters. The fraction of sp³-hybridized carbons (Fsp3) is 0.562. The van der Waals surface area contributed by atoms with E-state index < -0.39 is 0 Å². The van der Waals surface area contributed by atoms with Crippen molar-refractivity contribution >= 4 is 27.5 Å². The van der Waals surface area contributed by atoms with Gasteiger partial charge in [-0.3, -0.25) is 4.79 Å². The number of nitrogens with one attached hydrogen (secondary N) is 2. The second kappa shape index (κ2) is 9.05. The molecule has 1 amide bonds. The third-order valence-electron chi connectivity index (χ3n) is 3.01. The number of carbonyl (C=O) groups is 1. The first-order valence-electron chi connectivity index (χ1n) is 7.43. The second-order valence-corrected chi connectivity index (χ2v) is 6.40. The molecule has 5 heteroatoms. The summed E-state index contributed by atoms with van der Waals surface area (Å²) in [6, 6.07) is 6.42. The highest BCUT2D eigenvalue weighted by Gasteiger charge is 2.11. The Kier molecular flexibility index (Phi) is 7.75. The van der Waals surface area contributed by atoms with Crippen molar-refractivity contribution in [2.45, 2.75) is 39.8 Å². The van der Waals surface area contributed by atoms with E-state index in [1.807, 2.05) is 25.8 Å². The van der Waals surface area contributed by atoms with Gasteiger partial charge in [0.15, 0.2) is 0 Å². The number of hydrogen-bond acceptors (Lipinski definition) is 3. The minimum Gasteiger partial charge on any atom is -0.364 e. The van der Waals surface area contributed by atoms with E-state index in [1.165, 1.54) is 5.56 Å². The smallest absolute Gasteiger partial charge is 0.239 e. The van der Waals surface area contributed by atoms with Crippen LogP contribution in [0, 0.1) is 0 Å². The maximum Gasteiger partial charge on any atom is 0.239 e. The Labute approximate surface area is 136 Å². The third kappa shape index (κ3) is 6.48. The van der Waals surface area contributed by atoms with Crippen molar-refractivity contribution in [2.24, 2.45) is 0 Å². The van der Waals surface area contributed by atoms with Crippen molar-refractivity contribution in [3.8, 4) is 0 Å². The molecule has 0 radical (unpaired) electrons. The molecule has 1 aromatic carbocycles. The van der Waals surface area contributed by atoms with Crippen molar-refractivity contribution in [3.05, 3.63) is 28.2 Å². The number of rotatable bonds is 8. The standard InChI is InChI=1S/C16H26BrN3O/c1-5-8-18-10-13-6-7-15(14(17)9-13)20(4)11-16(21)19-12(2)3/h6-7,9,12,18H,5,8,10-11H2,1-4H3,(H,19,21). The van der Waals surface area contributed by atoms with Gasteiger partial charge in [0.1, 0.15) is 0 Å². The van der Waals surface area contributed by atoms with Crippen LogP contribution in [0.3, 0.4) is 0 Å². The first-order chi connectivity index (χ1) is 9.93. The molecule has 0 aromatic heterocycles. The summed E-state index contributed by atoms with van der Waals surface area (Å²) in [6.45, 7) is 8.32. The maximum atomic E-state index is 11.8. The highest BCUT2D eigenvalue weighted by atomic mass is 79.9. The molecule has 0 unspecified atom stereocenters. The Hall–Kier alpha value is -1.07. The fourth-order valence-electron chi connectivity index (χ4n) is 2.05. The van der Waals surface area contributed by atoms with Crippen LogP contribution in [0.1, 0.15) is 32.8 Å². The zero-order valence-electron chi connectivity index (χ0n) is 13.4. The van der Waals surface area contributed by atoms with E-state index in [1.54, 1.807) is 0 Å². The average Bonchev–Trinajstić information content (AvgIpc) is 2.37. The molecule has 4 nitrogen and oxygen atoms in total. The van der Waals surface area contributed by atoms with E-state index in [-0.39, 0.29) is 11.9 Å². The molecule has 0 aliphatic carbocycles. The van der Waals surface area contributed by atoms with Gasteiger partial charge in [0.05, 0.1) is 12.2 Å². The number of benzene rings is 1. The summed E-state index contributed by atoms with van der Waals surface area (Å²) in [7, 11) is 1.93. The number of hydrogen-bond donors (Lipinski definition) is 2.